The molecule has 140 valence electrons. The van der Waals surface area contributed by atoms with E-state index in [1.165, 1.54) is 15.8 Å². The summed E-state index contributed by atoms with van der Waals surface area (Å²) >= 11 is 1.63. The molecule has 0 spiro atoms. The van der Waals surface area contributed by atoms with Crippen molar-refractivity contribution in [3.63, 3.8) is 0 Å². The zero-order chi connectivity index (χ0) is 19.1. The van der Waals surface area contributed by atoms with Crippen LogP contribution in [0.2, 0.25) is 0 Å². The lowest BCUT2D eigenvalue weighted by Gasteiger charge is -2.17. The van der Waals surface area contributed by atoms with Gasteiger partial charge in [-0.2, -0.15) is 0 Å². The minimum Gasteiger partial charge on any atom is -0.324 e. The lowest BCUT2D eigenvalue weighted by Crippen LogP contribution is -2.28. The van der Waals surface area contributed by atoms with Gasteiger partial charge in [-0.3, -0.25) is 14.2 Å². The van der Waals surface area contributed by atoms with Gasteiger partial charge < -0.3 is 5.32 Å². The molecule has 0 fully saturated rings. The van der Waals surface area contributed by atoms with Crippen molar-refractivity contribution in [3.05, 3.63) is 56.4 Å². The predicted molar refractivity (Wildman–Crippen MR) is 110 cm³/mol. The zero-order valence-corrected chi connectivity index (χ0v) is 16.7. The van der Waals surface area contributed by atoms with Gasteiger partial charge in [0, 0.05) is 10.6 Å². The number of hydrogen-bond donors (Lipinski definition) is 1. The van der Waals surface area contributed by atoms with E-state index in [-0.39, 0.29) is 18.0 Å². The third kappa shape index (κ3) is 3.41. The number of carbonyl (C=O) groups is 1. The average molecular weight is 382 g/mol. The Bertz CT molecular complexity index is 1100. The molecule has 0 bridgehead atoms. The predicted octanol–water partition coefficient (Wildman–Crippen LogP) is 3.84. The Morgan fingerprint density at radius 2 is 2.19 bits per heavy atom. The van der Waals surface area contributed by atoms with Crippen LogP contribution in [0.25, 0.3) is 10.2 Å². The van der Waals surface area contributed by atoms with Crippen molar-refractivity contribution in [2.24, 2.45) is 5.92 Å². The quantitative estimate of drug-likeness (QED) is 0.750. The average Bonchev–Trinajstić information content (AvgIpc) is 2.98. The van der Waals surface area contributed by atoms with E-state index < -0.39 is 0 Å². The highest BCUT2D eigenvalue weighted by molar-refractivity contribution is 7.18. The highest BCUT2D eigenvalue weighted by Gasteiger charge is 2.23. The second-order valence-electron chi connectivity index (χ2n) is 7.58. The van der Waals surface area contributed by atoms with Crippen LogP contribution in [0.3, 0.4) is 0 Å². The fourth-order valence-electron chi connectivity index (χ4n) is 3.69. The highest BCUT2D eigenvalue weighted by atomic mass is 32.1. The second kappa shape index (κ2) is 6.93. The molecule has 5 nitrogen and oxygen atoms in total. The van der Waals surface area contributed by atoms with Crippen LogP contribution in [-0.2, 0) is 24.2 Å². The van der Waals surface area contributed by atoms with Crippen molar-refractivity contribution in [2.45, 2.75) is 46.6 Å². The summed E-state index contributed by atoms with van der Waals surface area (Å²) in [4.78, 5) is 32.1. The normalized spacial score (nSPS) is 16.3. The Balaban J connectivity index is 1.62. The van der Waals surface area contributed by atoms with Crippen LogP contribution in [0, 0.1) is 19.8 Å². The zero-order valence-electron chi connectivity index (χ0n) is 15.8. The van der Waals surface area contributed by atoms with Crippen LogP contribution in [0.5, 0.6) is 0 Å². The van der Waals surface area contributed by atoms with E-state index in [2.05, 4.69) is 17.2 Å². The van der Waals surface area contributed by atoms with Crippen molar-refractivity contribution in [2.75, 3.05) is 5.32 Å². The number of anilines is 1. The first-order chi connectivity index (χ1) is 12.9. The van der Waals surface area contributed by atoms with Crippen LogP contribution < -0.4 is 10.9 Å². The van der Waals surface area contributed by atoms with Crippen molar-refractivity contribution in [1.29, 1.82) is 0 Å². The first kappa shape index (κ1) is 17.9. The molecule has 1 atom stereocenters. The van der Waals surface area contributed by atoms with E-state index in [9.17, 15) is 9.59 Å². The lowest BCUT2D eigenvalue weighted by molar-refractivity contribution is -0.116. The molecule has 3 aromatic rings. The minimum absolute atomic E-state index is 0.0316. The molecular formula is C21H23N3O2S. The molecule has 0 unspecified atom stereocenters. The summed E-state index contributed by atoms with van der Waals surface area (Å²) in [6.45, 7) is 6.15. The summed E-state index contributed by atoms with van der Waals surface area (Å²) in [6.07, 6.45) is 4.54. The molecule has 6 heteroatoms. The smallest absolute Gasteiger partial charge is 0.262 e. The lowest BCUT2D eigenvalue weighted by atomic mass is 9.89. The molecule has 1 aromatic carbocycles. The number of hydrogen-bond acceptors (Lipinski definition) is 4. The summed E-state index contributed by atoms with van der Waals surface area (Å²) in [5, 5.41) is 3.62. The summed E-state index contributed by atoms with van der Waals surface area (Å²) in [6, 6.07) is 5.92. The molecule has 1 aliphatic carbocycles. The van der Waals surface area contributed by atoms with E-state index in [0.717, 1.165) is 46.5 Å². The first-order valence-corrected chi connectivity index (χ1v) is 10.1. The number of aromatic nitrogens is 2. The van der Waals surface area contributed by atoms with Gasteiger partial charge in [0.05, 0.1) is 11.7 Å². The van der Waals surface area contributed by atoms with E-state index in [0.29, 0.717) is 11.3 Å². The number of amides is 1. The number of benzene rings is 1. The molecule has 1 aliphatic rings. The van der Waals surface area contributed by atoms with E-state index in [1.54, 1.807) is 11.3 Å². The Morgan fingerprint density at radius 3 is 3.00 bits per heavy atom. The molecule has 0 saturated heterocycles. The molecule has 27 heavy (non-hydrogen) atoms. The van der Waals surface area contributed by atoms with Gasteiger partial charge >= 0.3 is 0 Å². The van der Waals surface area contributed by atoms with Crippen molar-refractivity contribution in [1.82, 2.24) is 9.55 Å². The van der Waals surface area contributed by atoms with Crippen LogP contribution >= 0.6 is 11.3 Å². The number of rotatable bonds is 3. The first-order valence-electron chi connectivity index (χ1n) is 9.29. The van der Waals surface area contributed by atoms with Gasteiger partial charge in [0.1, 0.15) is 11.4 Å². The number of aryl methyl sites for hydroxylation is 3. The second-order valence-corrected chi connectivity index (χ2v) is 8.66. The van der Waals surface area contributed by atoms with Gasteiger partial charge in [0.15, 0.2) is 0 Å². The molecule has 2 heterocycles. The molecule has 2 aromatic heterocycles. The minimum atomic E-state index is -0.218. The van der Waals surface area contributed by atoms with E-state index in [4.69, 9.17) is 0 Å². The Hall–Kier alpha value is -2.47. The number of thiophene rings is 1. The van der Waals surface area contributed by atoms with Gasteiger partial charge in [-0.1, -0.05) is 19.1 Å². The molecule has 1 N–H and O–H groups in total. The van der Waals surface area contributed by atoms with Gasteiger partial charge in [0.25, 0.3) is 5.56 Å². The monoisotopic (exact) mass is 381 g/mol. The summed E-state index contributed by atoms with van der Waals surface area (Å²) < 4.78 is 1.42. The number of carbonyl (C=O) groups excluding carboxylic acids is 1. The van der Waals surface area contributed by atoms with Gasteiger partial charge in [0.2, 0.25) is 5.91 Å². The Labute approximate surface area is 162 Å². The molecule has 0 radical (unpaired) electrons. The van der Waals surface area contributed by atoms with E-state index in [1.807, 2.05) is 32.0 Å². The van der Waals surface area contributed by atoms with Crippen molar-refractivity contribution < 1.29 is 4.79 Å². The van der Waals surface area contributed by atoms with Crippen molar-refractivity contribution >= 4 is 33.1 Å². The number of nitrogens with one attached hydrogen (secondary N) is 1. The maximum absolute atomic E-state index is 13.0. The molecule has 0 saturated carbocycles. The third-order valence-electron chi connectivity index (χ3n) is 5.26. The summed E-state index contributed by atoms with van der Waals surface area (Å²) in [5.41, 5.74) is 3.90. The van der Waals surface area contributed by atoms with Gasteiger partial charge in [-0.15, -0.1) is 11.3 Å². The Morgan fingerprint density at radius 1 is 1.37 bits per heavy atom. The van der Waals surface area contributed by atoms with Crippen LogP contribution in [0.15, 0.2) is 29.3 Å². The fourth-order valence-corrected chi connectivity index (χ4v) is 5.03. The SMILES string of the molecule is Cc1ccc(C)c(NC(=O)Cn2cnc3sc4c(c3c2=O)CC[C@@H](C)C4)c1. The topological polar surface area (TPSA) is 64.0 Å². The maximum atomic E-state index is 13.0. The highest BCUT2D eigenvalue weighted by Crippen LogP contribution is 2.35. The Kier molecular flexibility index (Phi) is 4.60. The number of nitrogens with zero attached hydrogens (tertiary/aromatic N) is 2. The molecule has 4 rings (SSSR count). The van der Waals surface area contributed by atoms with Crippen LogP contribution in [-0.4, -0.2) is 15.5 Å². The van der Waals surface area contributed by atoms with Gasteiger partial charge in [-0.05, 0) is 61.8 Å². The maximum Gasteiger partial charge on any atom is 0.262 e. The van der Waals surface area contributed by atoms with Crippen molar-refractivity contribution in [3.8, 4) is 0 Å². The molecule has 1 amide bonds. The summed E-state index contributed by atoms with van der Waals surface area (Å²) in [5.74, 6) is 0.431. The van der Waals surface area contributed by atoms with Crippen LogP contribution in [0.1, 0.15) is 34.9 Å². The molecule has 0 aliphatic heterocycles. The largest absolute Gasteiger partial charge is 0.324 e. The van der Waals surface area contributed by atoms with Crippen LogP contribution in [0.4, 0.5) is 5.69 Å². The standard InChI is InChI=1S/C21H23N3O2S/c1-12-4-6-14(3)16(8-12)23-18(25)10-24-11-22-20-19(21(24)26)15-7-5-13(2)9-17(15)27-20/h4,6,8,11,13H,5,7,9-10H2,1-3H3,(H,23,25)/t13-/m1/s1. The summed E-state index contributed by atoms with van der Waals surface area (Å²) in [7, 11) is 0. The fraction of sp³-hybridized carbons (Fsp3) is 0.381. The van der Waals surface area contributed by atoms with E-state index >= 15 is 0 Å². The van der Waals surface area contributed by atoms with Gasteiger partial charge in [-0.25, -0.2) is 4.98 Å². The third-order valence-corrected chi connectivity index (χ3v) is 6.43. The molecular weight excluding hydrogens is 358 g/mol. The number of fused-ring (bicyclic) bond motifs is 3.